The van der Waals surface area contributed by atoms with E-state index in [4.69, 9.17) is 0 Å². The Balaban J connectivity index is 2.37. The van der Waals surface area contributed by atoms with Gasteiger partial charge in [0.2, 0.25) is 0 Å². The average molecular weight is 308 g/mol. The van der Waals surface area contributed by atoms with Crippen LogP contribution in [0.3, 0.4) is 0 Å². The first-order valence-electron chi connectivity index (χ1n) is 6.10. The van der Waals surface area contributed by atoms with Crippen LogP contribution in [0.2, 0.25) is 0 Å². The number of aryl methyl sites for hydroxylation is 1. The minimum Gasteiger partial charge on any atom is -0.310 e. The molecule has 0 unspecified atom stereocenters. The first-order chi connectivity index (χ1) is 8.58. The first-order valence-corrected chi connectivity index (χ1v) is 6.89. The summed E-state index contributed by atoms with van der Waals surface area (Å²) in [7, 11) is 0. The van der Waals surface area contributed by atoms with E-state index in [1.165, 1.54) is 11.3 Å². The summed E-state index contributed by atoms with van der Waals surface area (Å²) < 4.78 is 3.22. The van der Waals surface area contributed by atoms with E-state index in [1.54, 1.807) is 0 Å². The van der Waals surface area contributed by atoms with E-state index in [-0.39, 0.29) is 0 Å². The number of halogens is 1. The van der Waals surface area contributed by atoms with Gasteiger partial charge in [0.05, 0.1) is 5.69 Å². The predicted molar refractivity (Wildman–Crippen MR) is 78.0 cm³/mol. The number of aromatic nitrogens is 2. The monoisotopic (exact) mass is 307 g/mol. The van der Waals surface area contributed by atoms with Gasteiger partial charge < -0.3 is 9.88 Å². The van der Waals surface area contributed by atoms with E-state index >= 15 is 0 Å². The Morgan fingerprint density at radius 1 is 1.39 bits per heavy atom. The molecular weight excluding hydrogens is 290 g/mol. The highest BCUT2D eigenvalue weighted by Crippen LogP contribution is 2.21. The van der Waals surface area contributed by atoms with Crippen LogP contribution in [0.4, 0.5) is 0 Å². The van der Waals surface area contributed by atoms with Gasteiger partial charge in [0.1, 0.15) is 5.82 Å². The van der Waals surface area contributed by atoms with Crippen molar-refractivity contribution in [2.45, 2.75) is 33.4 Å². The zero-order valence-corrected chi connectivity index (χ0v) is 12.5. The minimum absolute atomic E-state index is 0.473. The lowest BCUT2D eigenvalue weighted by molar-refractivity contribution is 0.587. The second-order valence-corrected chi connectivity index (χ2v) is 5.57. The Bertz CT molecular complexity index is 532. The van der Waals surface area contributed by atoms with Gasteiger partial charge in [-0.3, -0.25) is 0 Å². The van der Waals surface area contributed by atoms with Crippen molar-refractivity contribution in [2.75, 3.05) is 0 Å². The van der Waals surface area contributed by atoms with Crippen LogP contribution in [0.25, 0.3) is 5.69 Å². The van der Waals surface area contributed by atoms with Gasteiger partial charge >= 0.3 is 0 Å². The Labute approximate surface area is 116 Å². The maximum atomic E-state index is 4.28. The lowest BCUT2D eigenvalue weighted by Crippen LogP contribution is -2.22. The van der Waals surface area contributed by atoms with Gasteiger partial charge in [-0.2, -0.15) is 0 Å². The van der Waals surface area contributed by atoms with Crippen LogP contribution in [-0.4, -0.2) is 15.6 Å². The van der Waals surface area contributed by atoms with Gasteiger partial charge in [0.25, 0.3) is 0 Å². The molecule has 0 aliphatic rings. The van der Waals surface area contributed by atoms with Crippen LogP contribution in [0, 0.1) is 6.92 Å². The second-order valence-electron chi connectivity index (χ2n) is 4.65. The third kappa shape index (κ3) is 3.00. The maximum Gasteiger partial charge on any atom is 0.110 e. The summed E-state index contributed by atoms with van der Waals surface area (Å²) in [6.07, 6.45) is 3.83. The van der Waals surface area contributed by atoms with E-state index in [0.717, 1.165) is 16.8 Å². The van der Waals surface area contributed by atoms with Crippen LogP contribution in [0.5, 0.6) is 0 Å². The minimum atomic E-state index is 0.473. The van der Waals surface area contributed by atoms with Crippen molar-refractivity contribution in [3.63, 3.8) is 0 Å². The Hall–Kier alpha value is -1.13. The molecule has 0 bridgehead atoms. The number of hydrogen-bond acceptors (Lipinski definition) is 2. The highest BCUT2D eigenvalue weighted by atomic mass is 79.9. The highest BCUT2D eigenvalue weighted by molar-refractivity contribution is 9.10. The molecule has 3 nitrogen and oxygen atoms in total. The molecule has 0 aliphatic carbocycles. The maximum absolute atomic E-state index is 4.28. The summed E-state index contributed by atoms with van der Waals surface area (Å²) in [6, 6.07) is 6.81. The fourth-order valence-corrected chi connectivity index (χ4v) is 2.29. The summed E-state index contributed by atoms with van der Waals surface area (Å²) in [5.41, 5.74) is 2.44. The molecule has 0 spiro atoms. The molecule has 0 radical (unpaired) electrons. The van der Waals surface area contributed by atoms with Crippen LogP contribution >= 0.6 is 15.9 Å². The van der Waals surface area contributed by atoms with Gasteiger partial charge in [0, 0.05) is 29.5 Å². The number of nitrogens with one attached hydrogen (secondary N) is 1. The topological polar surface area (TPSA) is 29.9 Å². The van der Waals surface area contributed by atoms with E-state index in [2.05, 4.69) is 62.8 Å². The van der Waals surface area contributed by atoms with Crippen LogP contribution in [0.1, 0.15) is 25.2 Å². The molecule has 0 amide bonds. The fourth-order valence-electron chi connectivity index (χ4n) is 1.88. The molecule has 0 saturated heterocycles. The normalized spacial score (nSPS) is 11.2. The molecule has 1 N–H and O–H groups in total. The number of rotatable bonds is 4. The van der Waals surface area contributed by atoms with Gasteiger partial charge in [-0.1, -0.05) is 29.8 Å². The van der Waals surface area contributed by atoms with Crippen molar-refractivity contribution < 1.29 is 0 Å². The molecule has 1 heterocycles. The van der Waals surface area contributed by atoms with Gasteiger partial charge in [-0.25, -0.2) is 4.98 Å². The number of nitrogens with zero attached hydrogens (tertiary/aromatic N) is 2. The first kappa shape index (κ1) is 13.3. The lowest BCUT2D eigenvalue weighted by Gasteiger charge is -2.14. The molecule has 0 aliphatic heterocycles. The molecule has 18 heavy (non-hydrogen) atoms. The lowest BCUT2D eigenvalue weighted by atomic mass is 10.1. The predicted octanol–water partition coefficient (Wildman–Crippen LogP) is 3.44. The summed E-state index contributed by atoms with van der Waals surface area (Å²) in [6.45, 7) is 7.17. The van der Waals surface area contributed by atoms with Crippen LogP contribution < -0.4 is 5.32 Å². The quantitative estimate of drug-likeness (QED) is 0.937. The second kappa shape index (κ2) is 5.67. The largest absolute Gasteiger partial charge is 0.310 e. The van der Waals surface area contributed by atoms with Crippen LogP contribution in [-0.2, 0) is 6.54 Å². The Kier molecular flexibility index (Phi) is 4.19. The van der Waals surface area contributed by atoms with Crippen LogP contribution in [0.15, 0.2) is 35.1 Å². The summed E-state index contributed by atoms with van der Waals surface area (Å²) in [5, 5.41) is 3.46. The van der Waals surface area contributed by atoms with E-state index < -0.39 is 0 Å². The van der Waals surface area contributed by atoms with E-state index in [1.807, 2.05) is 19.3 Å². The molecule has 1 aromatic heterocycles. The van der Waals surface area contributed by atoms with Crippen molar-refractivity contribution in [2.24, 2.45) is 0 Å². The third-order valence-corrected chi connectivity index (χ3v) is 3.32. The van der Waals surface area contributed by atoms with Crippen molar-refractivity contribution >= 4 is 15.9 Å². The molecule has 2 rings (SSSR count). The highest BCUT2D eigenvalue weighted by Gasteiger charge is 2.08. The fraction of sp³-hybridized carbons (Fsp3) is 0.357. The van der Waals surface area contributed by atoms with E-state index in [9.17, 15) is 0 Å². The Morgan fingerprint density at radius 2 is 2.17 bits per heavy atom. The molecule has 2 aromatic rings. The molecule has 96 valence electrons. The average Bonchev–Trinajstić information content (AvgIpc) is 2.73. The van der Waals surface area contributed by atoms with Crippen molar-refractivity contribution in [1.29, 1.82) is 0 Å². The number of benzene rings is 1. The van der Waals surface area contributed by atoms with Gasteiger partial charge in [0.15, 0.2) is 0 Å². The molecule has 1 aromatic carbocycles. The molecule has 0 atom stereocenters. The molecule has 4 heteroatoms. The number of imidazole rings is 1. The van der Waals surface area contributed by atoms with E-state index in [0.29, 0.717) is 6.04 Å². The standard InChI is InChI=1S/C14H18BrN3/c1-10(2)17-9-12-8-13(15)4-5-14(12)18-7-6-16-11(18)3/h4-8,10,17H,9H2,1-3H3. The number of hydrogen-bond donors (Lipinski definition) is 1. The Morgan fingerprint density at radius 3 is 2.78 bits per heavy atom. The van der Waals surface area contributed by atoms with Crippen molar-refractivity contribution in [3.8, 4) is 5.69 Å². The molecular formula is C14H18BrN3. The summed E-state index contributed by atoms with van der Waals surface area (Å²) in [4.78, 5) is 4.28. The zero-order valence-electron chi connectivity index (χ0n) is 10.9. The van der Waals surface area contributed by atoms with Crippen molar-refractivity contribution in [1.82, 2.24) is 14.9 Å². The molecule has 0 saturated carbocycles. The van der Waals surface area contributed by atoms with Crippen molar-refractivity contribution in [3.05, 3.63) is 46.5 Å². The zero-order chi connectivity index (χ0) is 13.1. The SMILES string of the molecule is Cc1nccn1-c1ccc(Br)cc1CNC(C)C. The summed E-state index contributed by atoms with van der Waals surface area (Å²) in [5.74, 6) is 1.00. The third-order valence-electron chi connectivity index (χ3n) is 2.83. The smallest absolute Gasteiger partial charge is 0.110 e. The molecule has 0 fully saturated rings. The van der Waals surface area contributed by atoms with Gasteiger partial charge in [-0.05, 0) is 30.7 Å². The van der Waals surface area contributed by atoms with Gasteiger partial charge in [-0.15, -0.1) is 0 Å². The summed E-state index contributed by atoms with van der Waals surface area (Å²) >= 11 is 3.53.